The average molecular weight is 433 g/mol. The second-order valence-electron chi connectivity index (χ2n) is 7.12. The van der Waals surface area contributed by atoms with E-state index < -0.39 is 10.0 Å². The molecule has 3 amide bonds. The lowest BCUT2D eigenvalue weighted by Crippen LogP contribution is -2.39. The third kappa shape index (κ3) is 6.57. The summed E-state index contributed by atoms with van der Waals surface area (Å²) in [5, 5.41) is 7.85. The van der Waals surface area contributed by atoms with E-state index in [0.29, 0.717) is 6.54 Å². The predicted molar refractivity (Wildman–Crippen MR) is 115 cm³/mol. The second-order valence-corrected chi connectivity index (χ2v) is 8.68. The van der Waals surface area contributed by atoms with E-state index in [1.807, 2.05) is 37.3 Å². The lowest BCUT2D eigenvalue weighted by molar-refractivity contribution is -0.131. The zero-order valence-corrected chi connectivity index (χ0v) is 18.2. The molecule has 0 aliphatic carbocycles. The molecule has 0 saturated heterocycles. The standard InChI is InChI=1S/C21H28N4O4S/c1-16(18-9-11-19(12-10-18)30(22,28)29)25(3)20(26)13-14-23-21(27)24(2)15-17-7-5-4-6-8-17/h4-12,16H,13-15H2,1-3H3,(H,23,27)(H2,22,28,29). The number of nitrogens with two attached hydrogens (primary N) is 1. The van der Waals surface area contributed by atoms with Crippen LogP contribution in [0.5, 0.6) is 0 Å². The van der Waals surface area contributed by atoms with Crippen LogP contribution in [0.3, 0.4) is 0 Å². The van der Waals surface area contributed by atoms with Gasteiger partial charge in [-0.05, 0) is 30.2 Å². The Hall–Kier alpha value is -2.91. The number of carbonyl (C=O) groups is 2. The van der Waals surface area contributed by atoms with Gasteiger partial charge in [0.25, 0.3) is 0 Å². The number of hydrogen-bond donors (Lipinski definition) is 2. The molecule has 162 valence electrons. The number of rotatable bonds is 8. The number of urea groups is 1. The van der Waals surface area contributed by atoms with Gasteiger partial charge < -0.3 is 15.1 Å². The van der Waals surface area contributed by atoms with Crippen LogP contribution < -0.4 is 10.5 Å². The Morgan fingerprint density at radius 2 is 1.63 bits per heavy atom. The molecule has 0 aromatic heterocycles. The van der Waals surface area contributed by atoms with E-state index >= 15 is 0 Å². The molecule has 3 N–H and O–H groups in total. The molecule has 0 bridgehead atoms. The Morgan fingerprint density at radius 1 is 1.03 bits per heavy atom. The van der Waals surface area contributed by atoms with Crippen molar-refractivity contribution < 1.29 is 18.0 Å². The van der Waals surface area contributed by atoms with Gasteiger partial charge >= 0.3 is 6.03 Å². The summed E-state index contributed by atoms with van der Waals surface area (Å²) in [4.78, 5) is 27.8. The highest BCUT2D eigenvalue weighted by Gasteiger charge is 2.18. The van der Waals surface area contributed by atoms with Gasteiger partial charge in [0.15, 0.2) is 0 Å². The minimum absolute atomic E-state index is 0.0229. The van der Waals surface area contributed by atoms with Gasteiger partial charge in [-0.3, -0.25) is 4.79 Å². The topological polar surface area (TPSA) is 113 Å². The van der Waals surface area contributed by atoms with Crippen LogP contribution >= 0.6 is 0 Å². The summed E-state index contributed by atoms with van der Waals surface area (Å²) in [5.74, 6) is -0.135. The molecule has 0 aliphatic heterocycles. The summed E-state index contributed by atoms with van der Waals surface area (Å²) >= 11 is 0. The van der Waals surface area contributed by atoms with Crippen molar-refractivity contribution in [3.05, 3.63) is 65.7 Å². The van der Waals surface area contributed by atoms with Crippen molar-refractivity contribution in [1.29, 1.82) is 0 Å². The van der Waals surface area contributed by atoms with Gasteiger partial charge in [0.1, 0.15) is 0 Å². The van der Waals surface area contributed by atoms with Crippen LogP contribution in [0.2, 0.25) is 0 Å². The highest BCUT2D eigenvalue weighted by molar-refractivity contribution is 7.89. The number of benzene rings is 2. The Kier molecular flexibility index (Phi) is 7.96. The molecule has 0 saturated carbocycles. The molecule has 2 aromatic carbocycles. The van der Waals surface area contributed by atoms with Crippen molar-refractivity contribution in [2.45, 2.75) is 30.8 Å². The number of primary sulfonamides is 1. The van der Waals surface area contributed by atoms with E-state index in [0.717, 1.165) is 11.1 Å². The maximum atomic E-state index is 12.5. The molecule has 0 heterocycles. The number of carbonyl (C=O) groups excluding carboxylic acids is 2. The molecule has 9 heteroatoms. The third-order valence-electron chi connectivity index (χ3n) is 4.89. The van der Waals surface area contributed by atoms with E-state index in [4.69, 9.17) is 5.14 Å². The maximum absolute atomic E-state index is 12.5. The van der Waals surface area contributed by atoms with Crippen molar-refractivity contribution in [1.82, 2.24) is 15.1 Å². The molecule has 2 rings (SSSR count). The van der Waals surface area contributed by atoms with Gasteiger partial charge in [-0.2, -0.15) is 0 Å². The summed E-state index contributed by atoms with van der Waals surface area (Å²) in [7, 11) is -0.385. The number of hydrogen-bond acceptors (Lipinski definition) is 4. The Balaban J connectivity index is 1.82. The van der Waals surface area contributed by atoms with Crippen LogP contribution in [-0.2, 0) is 21.4 Å². The quantitative estimate of drug-likeness (QED) is 0.665. The molecule has 2 aromatic rings. The van der Waals surface area contributed by atoms with Crippen LogP contribution in [0.15, 0.2) is 59.5 Å². The van der Waals surface area contributed by atoms with E-state index in [9.17, 15) is 18.0 Å². The molecule has 0 fully saturated rings. The van der Waals surface area contributed by atoms with Gasteiger partial charge in [0.05, 0.1) is 10.9 Å². The minimum Gasteiger partial charge on any atom is -0.339 e. The lowest BCUT2D eigenvalue weighted by Gasteiger charge is -2.26. The van der Waals surface area contributed by atoms with Crippen molar-refractivity contribution >= 4 is 22.0 Å². The Labute approximate surface area is 177 Å². The van der Waals surface area contributed by atoms with Crippen LogP contribution in [0.4, 0.5) is 4.79 Å². The van der Waals surface area contributed by atoms with Gasteiger partial charge in [0.2, 0.25) is 15.9 Å². The zero-order chi connectivity index (χ0) is 22.3. The first-order valence-corrected chi connectivity index (χ1v) is 11.1. The molecular weight excluding hydrogens is 404 g/mol. The molecule has 1 atom stereocenters. The maximum Gasteiger partial charge on any atom is 0.317 e. The fourth-order valence-corrected chi connectivity index (χ4v) is 3.41. The second kappa shape index (κ2) is 10.2. The van der Waals surface area contributed by atoms with Gasteiger partial charge in [0, 0.05) is 33.6 Å². The first-order chi connectivity index (χ1) is 14.1. The van der Waals surface area contributed by atoms with Crippen molar-refractivity contribution in [3.8, 4) is 0 Å². The number of nitrogens with one attached hydrogen (secondary N) is 1. The largest absolute Gasteiger partial charge is 0.339 e. The van der Waals surface area contributed by atoms with Crippen LogP contribution in [0.1, 0.15) is 30.5 Å². The third-order valence-corrected chi connectivity index (χ3v) is 5.82. The number of sulfonamides is 1. The summed E-state index contributed by atoms with van der Waals surface area (Å²) in [6, 6.07) is 15.2. The number of amides is 3. The number of nitrogens with zero attached hydrogens (tertiary/aromatic N) is 2. The minimum atomic E-state index is -3.75. The van der Waals surface area contributed by atoms with E-state index in [1.54, 1.807) is 36.0 Å². The molecule has 0 spiro atoms. The van der Waals surface area contributed by atoms with Gasteiger partial charge in [-0.25, -0.2) is 18.4 Å². The monoisotopic (exact) mass is 432 g/mol. The average Bonchev–Trinajstić information content (AvgIpc) is 2.72. The van der Waals surface area contributed by atoms with Crippen molar-refractivity contribution in [2.75, 3.05) is 20.6 Å². The highest BCUT2D eigenvalue weighted by Crippen LogP contribution is 2.21. The smallest absolute Gasteiger partial charge is 0.317 e. The fourth-order valence-electron chi connectivity index (χ4n) is 2.89. The predicted octanol–water partition coefficient (Wildman–Crippen LogP) is 2.09. The Morgan fingerprint density at radius 3 is 2.20 bits per heavy atom. The van der Waals surface area contributed by atoms with Crippen LogP contribution in [-0.4, -0.2) is 50.8 Å². The van der Waals surface area contributed by atoms with Crippen molar-refractivity contribution in [3.63, 3.8) is 0 Å². The molecule has 30 heavy (non-hydrogen) atoms. The van der Waals surface area contributed by atoms with Gasteiger partial charge in [-0.15, -0.1) is 0 Å². The lowest BCUT2D eigenvalue weighted by atomic mass is 10.1. The summed E-state index contributed by atoms with van der Waals surface area (Å²) < 4.78 is 22.7. The molecule has 1 unspecified atom stereocenters. The molecule has 0 aliphatic rings. The van der Waals surface area contributed by atoms with E-state index in [1.165, 1.54) is 12.1 Å². The fraction of sp³-hybridized carbons (Fsp3) is 0.333. The van der Waals surface area contributed by atoms with E-state index in [-0.39, 0.29) is 35.8 Å². The van der Waals surface area contributed by atoms with Gasteiger partial charge in [-0.1, -0.05) is 42.5 Å². The summed E-state index contributed by atoms with van der Waals surface area (Å²) in [6.45, 7) is 2.54. The van der Waals surface area contributed by atoms with Crippen molar-refractivity contribution in [2.24, 2.45) is 5.14 Å². The van der Waals surface area contributed by atoms with E-state index in [2.05, 4.69) is 5.32 Å². The normalized spacial score (nSPS) is 12.1. The first kappa shape index (κ1) is 23.4. The molecule has 8 nitrogen and oxygen atoms in total. The summed E-state index contributed by atoms with van der Waals surface area (Å²) in [5.41, 5.74) is 1.80. The Bertz CT molecular complexity index is 962. The molecular formula is C21H28N4O4S. The zero-order valence-electron chi connectivity index (χ0n) is 17.4. The van der Waals surface area contributed by atoms with Crippen LogP contribution in [0.25, 0.3) is 0 Å². The van der Waals surface area contributed by atoms with Crippen LogP contribution in [0, 0.1) is 0 Å². The summed E-state index contributed by atoms with van der Waals surface area (Å²) in [6.07, 6.45) is 0.154. The first-order valence-electron chi connectivity index (χ1n) is 9.51. The SMILES string of the molecule is CC(c1ccc(S(N)(=O)=O)cc1)N(C)C(=O)CCNC(=O)N(C)Cc1ccccc1. The molecule has 0 radical (unpaired) electrons. The highest BCUT2D eigenvalue weighted by atomic mass is 32.2.